The molecule has 0 aliphatic carbocycles. The van der Waals surface area contributed by atoms with E-state index in [0.29, 0.717) is 12.5 Å². The third-order valence-electron chi connectivity index (χ3n) is 4.58. The van der Waals surface area contributed by atoms with Crippen molar-refractivity contribution in [1.29, 1.82) is 0 Å². The number of furan rings is 1. The van der Waals surface area contributed by atoms with Crippen LogP contribution in [0.5, 0.6) is 0 Å². The Labute approximate surface area is 146 Å². The molecule has 1 aliphatic heterocycles. The van der Waals surface area contributed by atoms with Crippen molar-refractivity contribution < 1.29 is 8.81 Å². The SMILES string of the molecule is Cl.N[C@@H]1CN(Cc2cc3cc(F)ccc3o2)C[C@H]1c1ccccc1. The van der Waals surface area contributed by atoms with E-state index in [0.717, 1.165) is 29.8 Å². The van der Waals surface area contributed by atoms with Crippen molar-refractivity contribution in [2.24, 2.45) is 5.73 Å². The molecular weight excluding hydrogens is 327 g/mol. The maximum absolute atomic E-state index is 13.3. The van der Waals surface area contributed by atoms with E-state index in [1.165, 1.54) is 17.7 Å². The van der Waals surface area contributed by atoms with Crippen LogP contribution >= 0.6 is 12.4 Å². The molecule has 0 unspecified atom stereocenters. The standard InChI is InChI=1S/C19H19FN2O.ClH/c20-15-6-7-19-14(8-15)9-16(23-19)10-22-11-17(18(21)12-22)13-4-2-1-3-5-13;/h1-9,17-18H,10-12,21H2;1H/t17-,18+;/m0./s1. The summed E-state index contributed by atoms with van der Waals surface area (Å²) >= 11 is 0. The molecule has 1 aliphatic rings. The minimum Gasteiger partial charge on any atom is -0.460 e. The van der Waals surface area contributed by atoms with Gasteiger partial charge < -0.3 is 10.2 Å². The first-order valence-corrected chi connectivity index (χ1v) is 7.90. The average Bonchev–Trinajstić information content (AvgIpc) is 3.10. The highest BCUT2D eigenvalue weighted by atomic mass is 35.5. The van der Waals surface area contributed by atoms with Crippen LogP contribution in [0.3, 0.4) is 0 Å². The lowest BCUT2D eigenvalue weighted by molar-refractivity contribution is 0.296. The Balaban J connectivity index is 0.00000169. The molecule has 2 aromatic carbocycles. The van der Waals surface area contributed by atoms with Gasteiger partial charge in [-0.3, -0.25) is 4.90 Å². The first-order chi connectivity index (χ1) is 11.2. The second kappa shape index (κ2) is 6.93. The van der Waals surface area contributed by atoms with E-state index in [1.54, 1.807) is 6.07 Å². The first-order valence-electron chi connectivity index (χ1n) is 7.90. The molecule has 3 nitrogen and oxygen atoms in total. The largest absolute Gasteiger partial charge is 0.460 e. The van der Waals surface area contributed by atoms with E-state index in [-0.39, 0.29) is 24.3 Å². The smallest absolute Gasteiger partial charge is 0.134 e. The van der Waals surface area contributed by atoms with Crippen LogP contribution in [0.15, 0.2) is 59.0 Å². The summed E-state index contributed by atoms with van der Waals surface area (Å²) in [6.45, 7) is 2.45. The average molecular weight is 347 g/mol. The van der Waals surface area contributed by atoms with Gasteiger partial charge >= 0.3 is 0 Å². The van der Waals surface area contributed by atoms with Crippen molar-refractivity contribution in [3.05, 3.63) is 71.7 Å². The molecule has 1 saturated heterocycles. The minimum atomic E-state index is -0.239. The second-order valence-corrected chi connectivity index (χ2v) is 6.27. The lowest BCUT2D eigenvalue weighted by Crippen LogP contribution is -2.28. The fourth-order valence-corrected chi connectivity index (χ4v) is 3.46. The molecule has 5 heteroatoms. The van der Waals surface area contributed by atoms with Gasteiger partial charge in [-0.25, -0.2) is 4.39 Å². The van der Waals surface area contributed by atoms with Crippen LogP contribution in [0.25, 0.3) is 11.0 Å². The lowest BCUT2D eigenvalue weighted by Gasteiger charge is -2.15. The maximum atomic E-state index is 13.3. The molecule has 2 atom stereocenters. The molecule has 126 valence electrons. The molecule has 0 radical (unpaired) electrons. The van der Waals surface area contributed by atoms with Gasteiger partial charge in [0.15, 0.2) is 0 Å². The second-order valence-electron chi connectivity index (χ2n) is 6.27. The van der Waals surface area contributed by atoms with Crippen molar-refractivity contribution >= 4 is 23.4 Å². The van der Waals surface area contributed by atoms with Gasteiger partial charge in [0.1, 0.15) is 17.2 Å². The Bertz CT molecular complexity index is 821. The van der Waals surface area contributed by atoms with Gasteiger partial charge in [0.25, 0.3) is 0 Å². The molecule has 0 bridgehead atoms. The molecule has 1 fully saturated rings. The van der Waals surface area contributed by atoms with Gasteiger partial charge in [0.2, 0.25) is 0 Å². The zero-order valence-corrected chi connectivity index (χ0v) is 14.0. The topological polar surface area (TPSA) is 42.4 Å². The van der Waals surface area contributed by atoms with Gasteiger partial charge in [-0.05, 0) is 29.8 Å². The number of likely N-dealkylation sites (tertiary alicyclic amines) is 1. The maximum Gasteiger partial charge on any atom is 0.134 e. The Morgan fingerprint density at radius 1 is 1.08 bits per heavy atom. The van der Waals surface area contributed by atoms with Crippen LogP contribution in [0.1, 0.15) is 17.2 Å². The number of rotatable bonds is 3. The molecule has 1 aromatic heterocycles. The molecule has 3 aromatic rings. The molecular formula is C19H20ClFN2O. The number of halogens is 2. The van der Waals surface area contributed by atoms with Crippen molar-refractivity contribution in [2.45, 2.75) is 18.5 Å². The van der Waals surface area contributed by atoms with Crippen molar-refractivity contribution in [1.82, 2.24) is 4.90 Å². The van der Waals surface area contributed by atoms with E-state index in [2.05, 4.69) is 29.2 Å². The molecule has 0 spiro atoms. The molecule has 2 heterocycles. The molecule has 0 saturated carbocycles. The number of benzene rings is 2. The summed E-state index contributed by atoms with van der Waals surface area (Å²) in [4.78, 5) is 2.30. The highest BCUT2D eigenvalue weighted by Crippen LogP contribution is 2.28. The summed E-state index contributed by atoms with van der Waals surface area (Å²) in [5, 5.41) is 0.808. The van der Waals surface area contributed by atoms with Crippen LogP contribution in [0.2, 0.25) is 0 Å². The van der Waals surface area contributed by atoms with E-state index in [9.17, 15) is 4.39 Å². The predicted octanol–water partition coefficient (Wildman–Crippen LogP) is 3.92. The van der Waals surface area contributed by atoms with Crippen LogP contribution in [0, 0.1) is 5.82 Å². The molecule has 2 N–H and O–H groups in total. The fraction of sp³-hybridized carbons (Fsp3) is 0.263. The van der Waals surface area contributed by atoms with Gasteiger partial charge in [-0.1, -0.05) is 30.3 Å². The van der Waals surface area contributed by atoms with Gasteiger partial charge in [0.05, 0.1) is 6.54 Å². The summed E-state index contributed by atoms with van der Waals surface area (Å²) in [6, 6.07) is 17.1. The van der Waals surface area contributed by atoms with Crippen molar-refractivity contribution in [3.8, 4) is 0 Å². The van der Waals surface area contributed by atoms with Gasteiger partial charge in [0, 0.05) is 30.4 Å². The summed E-state index contributed by atoms with van der Waals surface area (Å²) in [5.41, 5.74) is 8.34. The third-order valence-corrected chi connectivity index (χ3v) is 4.58. The number of hydrogen-bond donors (Lipinski definition) is 1. The van der Waals surface area contributed by atoms with Crippen molar-refractivity contribution in [2.75, 3.05) is 13.1 Å². The first kappa shape index (κ1) is 17.0. The van der Waals surface area contributed by atoms with E-state index >= 15 is 0 Å². The minimum absolute atomic E-state index is 0. The number of nitrogens with two attached hydrogens (primary N) is 1. The summed E-state index contributed by atoms with van der Waals surface area (Å²) in [7, 11) is 0. The predicted molar refractivity (Wildman–Crippen MR) is 95.9 cm³/mol. The van der Waals surface area contributed by atoms with E-state index in [4.69, 9.17) is 10.2 Å². The number of nitrogens with zero attached hydrogens (tertiary/aromatic N) is 1. The van der Waals surface area contributed by atoms with Gasteiger partial charge in [-0.2, -0.15) is 0 Å². The molecule has 4 rings (SSSR count). The normalized spacial score (nSPS) is 21.1. The van der Waals surface area contributed by atoms with E-state index in [1.807, 2.05) is 12.1 Å². The lowest BCUT2D eigenvalue weighted by atomic mass is 9.95. The Morgan fingerprint density at radius 2 is 1.88 bits per heavy atom. The van der Waals surface area contributed by atoms with Crippen LogP contribution < -0.4 is 5.73 Å². The summed E-state index contributed by atoms with van der Waals surface area (Å²) in [5.74, 6) is 0.960. The summed E-state index contributed by atoms with van der Waals surface area (Å²) in [6.07, 6.45) is 0. The zero-order valence-electron chi connectivity index (χ0n) is 13.2. The fourth-order valence-electron chi connectivity index (χ4n) is 3.46. The highest BCUT2D eigenvalue weighted by Gasteiger charge is 2.31. The Kier molecular flexibility index (Phi) is 4.90. The Morgan fingerprint density at radius 3 is 2.67 bits per heavy atom. The van der Waals surface area contributed by atoms with Crippen LogP contribution in [-0.4, -0.2) is 24.0 Å². The van der Waals surface area contributed by atoms with Gasteiger partial charge in [-0.15, -0.1) is 12.4 Å². The van der Waals surface area contributed by atoms with E-state index < -0.39 is 0 Å². The Hall–Kier alpha value is -1.88. The quantitative estimate of drug-likeness (QED) is 0.781. The van der Waals surface area contributed by atoms with Crippen molar-refractivity contribution in [3.63, 3.8) is 0 Å². The summed E-state index contributed by atoms with van der Waals surface area (Å²) < 4.78 is 19.1. The van der Waals surface area contributed by atoms with Crippen LogP contribution in [0.4, 0.5) is 4.39 Å². The third kappa shape index (κ3) is 3.31. The number of hydrogen-bond acceptors (Lipinski definition) is 3. The number of fused-ring (bicyclic) bond motifs is 1. The van der Waals surface area contributed by atoms with Crippen LogP contribution in [-0.2, 0) is 6.54 Å². The highest BCUT2D eigenvalue weighted by molar-refractivity contribution is 5.85. The monoisotopic (exact) mass is 346 g/mol. The molecule has 0 amide bonds. The molecule has 24 heavy (non-hydrogen) atoms. The zero-order chi connectivity index (χ0) is 15.8.